The minimum atomic E-state index is -4.19. The van der Waals surface area contributed by atoms with E-state index >= 15 is 0 Å². The molecule has 1 aliphatic heterocycles. The van der Waals surface area contributed by atoms with Gasteiger partial charge in [-0.25, -0.2) is 9.37 Å². The Morgan fingerprint density at radius 2 is 1.96 bits per heavy atom. The molecule has 146 valence electrons. The smallest absolute Gasteiger partial charge is 0.370 e. The fourth-order valence-corrected chi connectivity index (χ4v) is 3.92. The average Bonchev–Trinajstić information content (AvgIpc) is 2.62. The van der Waals surface area contributed by atoms with Crippen LogP contribution in [0.1, 0.15) is 24.6 Å². The predicted molar refractivity (Wildman–Crippen MR) is 99.1 cm³/mol. The summed E-state index contributed by atoms with van der Waals surface area (Å²) in [5, 5.41) is 0. The van der Waals surface area contributed by atoms with Gasteiger partial charge in [0.25, 0.3) is 0 Å². The van der Waals surface area contributed by atoms with Crippen LogP contribution in [0.25, 0.3) is 0 Å². The Morgan fingerprint density at radius 3 is 2.67 bits per heavy atom. The molecule has 0 aliphatic carbocycles. The molecule has 0 N–H and O–H groups in total. The summed E-state index contributed by atoms with van der Waals surface area (Å²) < 4.78 is 53.3. The van der Waals surface area contributed by atoms with Crippen molar-refractivity contribution in [3.05, 3.63) is 52.3 Å². The lowest BCUT2D eigenvalue weighted by molar-refractivity contribution is -0.178. The second-order valence-electron chi connectivity index (χ2n) is 7.06. The van der Waals surface area contributed by atoms with Crippen molar-refractivity contribution in [3.63, 3.8) is 0 Å². The monoisotopic (exact) mass is 445 g/mol. The Bertz CT molecular complexity index is 797. The SMILES string of the molecule is C[C@H]1C[C@@H](C(F)(F)F)CN(c2ccncc2CCc2ccc(F)c(Br)n2)C1. The third-order valence-corrected chi connectivity index (χ3v) is 5.41. The van der Waals surface area contributed by atoms with Crippen molar-refractivity contribution >= 4 is 21.6 Å². The molecule has 0 saturated carbocycles. The first kappa shape index (κ1) is 20.0. The van der Waals surface area contributed by atoms with Gasteiger partial charge in [-0.2, -0.15) is 13.2 Å². The zero-order chi connectivity index (χ0) is 19.6. The van der Waals surface area contributed by atoms with Gasteiger partial charge in [0.2, 0.25) is 0 Å². The van der Waals surface area contributed by atoms with Gasteiger partial charge in [0, 0.05) is 36.9 Å². The minimum Gasteiger partial charge on any atom is -0.370 e. The van der Waals surface area contributed by atoms with Gasteiger partial charge in [-0.3, -0.25) is 4.98 Å². The van der Waals surface area contributed by atoms with Crippen LogP contribution < -0.4 is 4.90 Å². The largest absolute Gasteiger partial charge is 0.393 e. The molecule has 2 atom stereocenters. The first-order valence-electron chi connectivity index (χ1n) is 8.79. The number of pyridine rings is 2. The number of rotatable bonds is 4. The summed E-state index contributed by atoms with van der Waals surface area (Å²) in [7, 11) is 0. The number of hydrogen-bond acceptors (Lipinski definition) is 3. The van der Waals surface area contributed by atoms with E-state index in [0.717, 1.165) is 11.3 Å². The molecule has 27 heavy (non-hydrogen) atoms. The van der Waals surface area contributed by atoms with Gasteiger partial charge in [0.1, 0.15) is 4.60 Å². The Morgan fingerprint density at radius 1 is 1.19 bits per heavy atom. The van der Waals surface area contributed by atoms with Crippen LogP contribution in [0.3, 0.4) is 0 Å². The van der Waals surface area contributed by atoms with E-state index in [1.165, 1.54) is 6.07 Å². The molecule has 3 heterocycles. The second-order valence-corrected chi connectivity index (χ2v) is 7.82. The minimum absolute atomic E-state index is 0.0365. The lowest BCUT2D eigenvalue weighted by atomic mass is 9.89. The predicted octanol–water partition coefficient (Wildman–Crippen LogP) is 5.19. The van der Waals surface area contributed by atoms with Crippen LogP contribution in [0.15, 0.2) is 35.2 Å². The van der Waals surface area contributed by atoms with Crippen molar-refractivity contribution in [1.82, 2.24) is 9.97 Å². The topological polar surface area (TPSA) is 29.0 Å². The summed E-state index contributed by atoms with van der Waals surface area (Å²) in [4.78, 5) is 10.1. The third kappa shape index (κ3) is 4.97. The number of alkyl halides is 3. The van der Waals surface area contributed by atoms with E-state index in [2.05, 4.69) is 25.9 Å². The number of nitrogens with zero attached hydrogens (tertiary/aromatic N) is 3. The first-order valence-corrected chi connectivity index (χ1v) is 9.59. The van der Waals surface area contributed by atoms with E-state index in [1.807, 2.05) is 11.8 Å². The third-order valence-electron chi connectivity index (χ3n) is 4.85. The van der Waals surface area contributed by atoms with Gasteiger partial charge in [-0.15, -0.1) is 0 Å². The van der Waals surface area contributed by atoms with E-state index in [9.17, 15) is 17.6 Å². The van der Waals surface area contributed by atoms with Crippen molar-refractivity contribution in [2.75, 3.05) is 18.0 Å². The first-order chi connectivity index (χ1) is 12.7. The normalized spacial score (nSPS) is 20.7. The molecule has 0 bridgehead atoms. The van der Waals surface area contributed by atoms with E-state index in [-0.39, 0.29) is 23.5 Å². The Labute approximate surface area is 163 Å². The van der Waals surface area contributed by atoms with E-state index < -0.39 is 17.9 Å². The Balaban J connectivity index is 1.78. The summed E-state index contributed by atoms with van der Waals surface area (Å²) in [5.74, 6) is -1.79. The molecular formula is C19H20BrF4N3. The zero-order valence-electron chi connectivity index (χ0n) is 14.8. The fraction of sp³-hybridized carbons (Fsp3) is 0.474. The molecule has 8 heteroatoms. The van der Waals surface area contributed by atoms with Gasteiger partial charge < -0.3 is 4.90 Å². The lowest BCUT2D eigenvalue weighted by Gasteiger charge is -2.39. The highest BCUT2D eigenvalue weighted by Gasteiger charge is 2.43. The summed E-state index contributed by atoms with van der Waals surface area (Å²) in [6, 6.07) is 4.73. The fourth-order valence-electron chi connectivity index (χ4n) is 3.56. The number of aryl methyl sites for hydroxylation is 2. The van der Waals surface area contributed by atoms with Gasteiger partial charge in [0.05, 0.1) is 5.92 Å². The molecule has 0 spiro atoms. The molecule has 0 aromatic carbocycles. The lowest BCUT2D eigenvalue weighted by Crippen LogP contribution is -2.45. The van der Waals surface area contributed by atoms with Crippen LogP contribution in [0.2, 0.25) is 0 Å². The summed E-state index contributed by atoms with van der Waals surface area (Å²) in [6.45, 7) is 2.40. The molecule has 1 fully saturated rings. The average molecular weight is 446 g/mol. The Kier molecular flexibility index (Phi) is 6.03. The summed E-state index contributed by atoms with van der Waals surface area (Å²) in [6.07, 6.45) is 0.376. The van der Waals surface area contributed by atoms with Crippen molar-refractivity contribution in [3.8, 4) is 0 Å². The molecule has 0 amide bonds. The maximum absolute atomic E-state index is 13.3. The molecular weight excluding hydrogens is 426 g/mol. The van der Waals surface area contributed by atoms with Crippen LogP contribution in [-0.4, -0.2) is 29.2 Å². The summed E-state index contributed by atoms with van der Waals surface area (Å²) in [5.41, 5.74) is 2.36. The van der Waals surface area contributed by atoms with Crippen LogP contribution in [0.4, 0.5) is 23.2 Å². The maximum Gasteiger partial charge on any atom is 0.393 e. The maximum atomic E-state index is 13.3. The quantitative estimate of drug-likeness (QED) is 0.479. The Hall–Kier alpha value is -1.70. The van der Waals surface area contributed by atoms with Crippen LogP contribution in [-0.2, 0) is 12.8 Å². The number of piperidine rings is 1. The van der Waals surface area contributed by atoms with Crippen LogP contribution in [0.5, 0.6) is 0 Å². The molecule has 2 aromatic rings. The standard InChI is InChI=1S/C19H20BrF4N3/c1-12-8-14(19(22,23)24)11-27(10-12)17-6-7-25-9-13(17)2-3-15-4-5-16(21)18(20)26-15/h4-7,9,12,14H,2-3,8,10-11H2,1H3/t12-,14+/m0/s1. The highest BCUT2D eigenvalue weighted by molar-refractivity contribution is 9.10. The molecule has 3 nitrogen and oxygen atoms in total. The van der Waals surface area contributed by atoms with Crippen molar-refractivity contribution in [1.29, 1.82) is 0 Å². The van der Waals surface area contributed by atoms with Crippen molar-refractivity contribution in [2.24, 2.45) is 11.8 Å². The van der Waals surface area contributed by atoms with Crippen molar-refractivity contribution in [2.45, 2.75) is 32.4 Å². The molecule has 0 unspecified atom stereocenters. The van der Waals surface area contributed by atoms with Crippen LogP contribution >= 0.6 is 15.9 Å². The number of anilines is 1. The van der Waals surface area contributed by atoms with E-state index in [0.29, 0.717) is 25.1 Å². The zero-order valence-corrected chi connectivity index (χ0v) is 16.4. The number of halogens is 5. The van der Waals surface area contributed by atoms with Gasteiger partial charge in [0.15, 0.2) is 5.82 Å². The highest BCUT2D eigenvalue weighted by Crippen LogP contribution is 2.37. The van der Waals surface area contributed by atoms with Crippen molar-refractivity contribution < 1.29 is 17.6 Å². The molecule has 0 radical (unpaired) electrons. The molecule has 1 aliphatic rings. The van der Waals surface area contributed by atoms with Gasteiger partial charge in [-0.05, 0) is 64.9 Å². The van der Waals surface area contributed by atoms with Crippen LogP contribution in [0, 0.1) is 17.7 Å². The molecule has 2 aromatic heterocycles. The highest BCUT2D eigenvalue weighted by atomic mass is 79.9. The van der Waals surface area contributed by atoms with E-state index in [1.54, 1.807) is 24.5 Å². The van der Waals surface area contributed by atoms with E-state index in [4.69, 9.17) is 0 Å². The summed E-state index contributed by atoms with van der Waals surface area (Å²) >= 11 is 3.07. The number of hydrogen-bond donors (Lipinski definition) is 0. The van der Waals surface area contributed by atoms with Gasteiger partial charge in [-0.1, -0.05) is 6.92 Å². The van der Waals surface area contributed by atoms with Gasteiger partial charge >= 0.3 is 6.18 Å². The molecule has 1 saturated heterocycles. The number of aromatic nitrogens is 2. The molecule has 3 rings (SSSR count). The second kappa shape index (κ2) is 8.12.